The topological polar surface area (TPSA) is 98.8 Å². The summed E-state index contributed by atoms with van der Waals surface area (Å²) in [6.45, 7) is 10.8. The summed E-state index contributed by atoms with van der Waals surface area (Å²) in [5.41, 5.74) is -1.88. The number of fused-ring (bicyclic) bond motifs is 2. The first kappa shape index (κ1) is 39.1. The van der Waals surface area contributed by atoms with Crippen LogP contribution >= 0.6 is 0 Å². The fraction of sp³-hybridized carbons (Fsp3) is 0.350. The average molecular weight is 749 g/mol. The van der Waals surface area contributed by atoms with Crippen LogP contribution in [0.5, 0.6) is 0 Å². The first-order valence-corrected chi connectivity index (χ1v) is 19.2. The van der Waals surface area contributed by atoms with E-state index in [4.69, 9.17) is 0 Å². The van der Waals surface area contributed by atoms with Crippen LogP contribution < -0.4 is 19.2 Å². The van der Waals surface area contributed by atoms with Crippen LogP contribution in [0.3, 0.4) is 0 Å². The zero-order chi connectivity index (χ0) is 38.2. The first-order chi connectivity index (χ1) is 24.3. The molecule has 4 aromatic rings. The Hall–Kier alpha value is -4.10. The van der Waals surface area contributed by atoms with E-state index < -0.39 is 66.7 Å². The summed E-state index contributed by atoms with van der Waals surface area (Å²) < 4.78 is 63.0. The Labute approximate surface area is 310 Å². The van der Waals surface area contributed by atoms with Crippen molar-refractivity contribution in [3.05, 3.63) is 131 Å². The van der Waals surface area contributed by atoms with E-state index in [2.05, 4.69) is 9.44 Å². The molecule has 0 unspecified atom stereocenters. The second-order valence-electron chi connectivity index (χ2n) is 14.9. The summed E-state index contributed by atoms with van der Waals surface area (Å²) in [6, 6.07) is 29.2. The summed E-state index contributed by atoms with van der Waals surface area (Å²) in [4.78, 5) is 28.5. The minimum absolute atomic E-state index is 0.291. The fourth-order valence-corrected chi connectivity index (χ4v) is 7.99. The molecule has 0 fully saturated rings. The van der Waals surface area contributed by atoms with Gasteiger partial charge in [0.2, 0.25) is 11.3 Å². The largest absolute Gasteiger partial charge is 0.312 e. The molecular weight excluding hydrogens is 703 g/mol. The maximum absolute atomic E-state index is 16.5. The molecule has 2 aliphatic heterocycles. The summed E-state index contributed by atoms with van der Waals surface area (Å²) in [5.74, 6) is -1.32. The number of amides is 2. The normalized spacial score (nSPS) is 22.2. The van der Waals surface area contributed by atoms with Crippen molar-refractivity contribution in [2.24, 2.45) is 0 Å². The van der Waals surface area contributed by atoms with E-state index in [1.54, 1.807) is 153 Å². The van der Waals surface area contributed by atoms with Gasteiger partial charge < -0.3 is 9.80 Å². The van der Waals surface area contributed by atoms with Gasteiger partial charge in [0.1, 0.15) is 0 Å². The van der Waals surface area contributed by atoms with Gasteiger partial charge in [-0.1, -0.05) is 97.1 Å². The van der Waals surface area contributed by atoms with Gasteiger partial charge in [-0.15, -0.1) is 0 Å². The minimum Gasteiger partial charge on any atom is -0.312 e. The molecule has 0 bridgehead atoms. The summed E-state index contributed by atoms with van der Waals surface area (Å²) in [5, 5.41) is 0. The standard InChI is InChI=1S/2C20H23FN2O2S/c2*1-19(2,3)26(25)22-17(14-10-6-5-7-11-14)20(21)15-12-8-9-13-16(15)23(4)18(20)24/h2*5-13,17,22H,1-4H3/t2*17-,20-,26-/m00/s1. The molecule has 6 rings (SSSR count). The lowest BCUT2D eigenvalue weighted by Crippen LogP contribution is -2.48. The molecule has 0 radical (unpaired) electrons. The molecule has 0 saturated heterocycles. The number of halogens is 2. The first-order valence-electron chi connectivity index (χ1n) is 16.9. The van der Waals surface area contributed by atoms with E-state index >= 15 is 8.78 Å². The second-order valence-corrected chi connectivity index (χ2v) is 18.9. The van der Waals surface area contributed by atoms with Crippen molar-refractivity contribution in [2.45, 2.75) is 74.5 Å². The van der Waals surface area contributed by atoms with Gasteiger partial charge >= 0.3 is 0 Å². The van der Waals surface area contributed by atoms with Crippen molar-refractivity contribution < 1.29 is 26.8 Å². The smallest absolute Gasteiger partial charge is 0.271 e. The molecule has 2 aliphatic rings. The number of nitrogens with one attached hydrogen (secondary N) is 2. The highest BCUT2D eigenvalue weighted by Gasteiger charge is 2.58. The molecule has 2 amide bonds. The van der Waals surface area contributed by atoms with Crippen molar-refractivity contribution in [3.63, 3.8) is 0 Å². The number of likely N-dealkylation sites (N-methyl/N-ethyl adjacent to an activating group) is 2. The molecule has 0 saturated carbocycles. The molecule has 8 nitrogen and oxygen atoms in total. The zero-order valence-corrected chi connectivity index (χ0v) is 32.3. The Morgan fingerprint density at radius 3 is 1.13 bits per heavy atom. The van der Waals surface area contributed by atoms with Gasteiger partial charge in [-0.2, -0.15) is 0 Å². The van der Waals surface area contributed by atoms with Crippen LogP contribution in [-0.4, -0.2) is 43.8 Å². The average Bonchev–Trinajstić information content (AvgIpc) is 3.45. The summed E-state index contributed by atoms with van der Waals surface area (Å²) in [6.07, 6.45) is 0. The molecule has 52 heavy (non-hydrogen) atoms. The van der Waals surface area contributed by atoms with E-state index in [-0.39, 0.29) is 0 Å². The van der Waals surface area contributed by atoms with Gasteiger partial charge in [0.25, 0.3) is 11.8 Å². The van der Waals surface area contributed by atoms with Crippen LogP contribution in [-0.2, 0) is 42.9 Å². The van der Waals surface area contributed by atoms with Gasteiger partial charge in [0, 0.05) is 25.2 Å². The highest BCUT2D eigenvalue weighted by atomic mass is 32.2. The van der Waals surface area contributed by atoms with Crippen molar-refractivity contribution in [1.82, 2.24) is 9.44 Å². The Morgan fingerprint density at radius 2 is 0.827 bits per heavy atom. The highest BCUT2D eigenvalue weighted by Crippen LogP contribution is 2.51. The Morgan fingerprint density at radius 1 is 0.538 bits per heavy atom. The molecule has 12 heteroatoms. The monoisotopic (exact) mass is 748 g/mol. The minimum atomic E-state index is -2.34. The maximum atomic E-state index is 16.5. The van der Waals surface area contributed by atoms with E-state index in [1.165, 1.54) is 9.80 Å². The lowest BCUT2D eigenvalue weighted by Gasteiger charge is -2.32. The van der Waals surface area contributed by atoms with E-state index in [1.807, 2.05) is 12.1 Å². The number of hydrogen-bond donors (Lipinski definition) is 2. The van der Waals surface area contributed by atoms with Crippen LogP contribution in [0.25, 0.3) is 0 Å². The molecule has 0 spiro atoms. The Bertz CT molecular complexity index is 1840. The van der Waals surface area contributed by atoms with Gasteiger partial charge in [-0.3, -0.25) is 9.59 Å². The lowest BCUT2D eigenvalue weighted by molar-refractivity contribution is -0.131. The van der Waals surface area contributed by atoms with E-state index in [0.29, 0.717) is 33.6 Å². The van der Waals surface area contributed by atoms with Crippen LogP contribution in [0.4, 0.5) is 20.2 Å². The number of nitrogens with zero attached hydrogens (tertiary/aromatic N) is 2. The predicted octanol–water partition coefficient (Wildman–Crippen LogP) is 7.24. The van der Waals surface area contributed by atoms with Crippen molar-refractivity contribution in [1.29, 1.82) is 0 Å². The molecule has 6 atom stereocenters. The third-order valence-electron chi connectivity index (χ3n) is 9.17. The third kappa shape index (κ3) is 7.13. The number of anilines is 2. The SMILES string of the molecule is CN1C(=O)[C@@](F)([C@@H](N[S@@](=O)C(C)(C)C)c2ccccc2)c2ccccc21.CN1C(=O)[C@@](F)([C@@H](N[S@@](=O)C(C)(C)C)c2ccccc2)c2ccccc21. The summed E-state index contributed by atoms with van der Waals surface area (Å²) in [7, 11) is 0.0145. The molecule has 2 N–H and O–H groups in total. The molecule has 0 aromatic heterocycles. The molecule has 4 aromatic carbocycles. The van der Waals surface area contributed by atoms with Gasteiger partial charge in [0.15, 0.2) is 0 Å². The molecule has 276 valence electrons. The van der Waals surface area contributed by atoms with Crippen LogP contribution in [0.1, 0.15) is 75.9 Å². The van der Waals surface area contributed by atoms with Crippen molar-refractivity contribution in [2.75, 3.05) is 23.9 Å². The lowest BCUT2D eigenvalue weighted by atomic mass is 9.85. The van der Waals surface area contributed by atoms with E-state index in [9.17, 15) is 18.0 Å². The molecular formula is C40H46F2N4O4S2. The zero-order valence-electron chi connectivity index (χ0n) is 30.6. The number of para-hydroxylation sites is 2. The van der Waals surface area contributed by atoms with Gasteiger partial charge in [-0.25, -0.2) is 26.6 Å². The number of carbonyl (C=O) groups is 2. The van der Waals surface area contributed by atoms with Crippen LogP contribution in [0.15, 0.2) is 109 Å². The second kappa shape index (κ2) is 14.7. The van der Waals surface area contributed by atoms with E-state index in [0.717, 1.165) is 0 Å². The number of alkyl halides is 2. The number of benzene rings is 4. The van der Waals surface area contributed by atoms with Gasteiger partial charge in [0.05, 0.1) is 54.9 Å². The van der Waals surface area contributed by atoms with Gasteiger partial charge in [-0.05, 0) is 64.8 Å². The fourth-order valence-electron chi connectivity index (χ4n) is 6.26. The Kier molecular flexibility index (Phi) is 11.1. The highest BCUT2D eigenvalue weighted by molar-refractivity contribution is 7.84. The van der Waals surface area contributed by atoms with Crippen LogP contribution in [0.2, 0.25) is 0 Å². The maximum Gasteiger partial charge on any atom is 0.271 e. The third-order valence-corrected chi connectivity index (χ3v) is 12.3. The molecule has 0 aliphatic carbocycles. The molecule has 2 heterocycles. The predicted molar refractivity (Wildman–Crippen MR) is 206 cm³/mol. The number of rotatable bonds is 8. The summed E-state index contributed by atoms with van der Waals surface area (Å²) >= 11 is 0. The quantitative estimate of drug-likeness (QED) is 0.199. The number of carbonyl (C=O) groups excluding carboxylic acids is 2. The van der Waals surface area contributed by atoms with Crippen molar-refractivity contribution in [3.8, 4) is 0 Å². The number of hydrogen-bond acceptors (Lipinski definition) is 4. The Balaban J connectivity index is 0.000000201. The van der Waals surface area contributed by atoms with Crippen LogP contribution in [0, 0.1) is 0 Å². The van der Waals surface area contributed by atoms with Crippen molar-refractivity contribution >= 4 is 45.2 Å².